The van der Waals surface area contributed by atoms with Crippen LogP contribution in [0.4, 0.5) is 5.82 Å². The number of aryl methyl sites for hydroxylation is 2. The van der Waals surface area contributed by atoms with E-state index >= 15 is 0 Å². The van der Waals surface area contributed by atoms with E-state index < -0.39 is 0 Å². The molecule has 1 saturated carbocycles. The van der Waals surface area contributed by atoms with Crippen molar-refractivity contribution in [3.63, 3.8) is 0 Å². The molecule has 1 amide bonds. The van der Waals surface area contributed by atoms with Gasteiger partial charge in [0, 0.05) is 18.1 Å². The second kappa shape index (κ2) is 8.64. The second-order valence-electron chi connectivity index (χ2n) is 8.22. The minimum absolute atomic E-state index is 0.0714. The monoisotopic (exact) mass is 387 g/mol. The molecule has 4 rings (SSSR count). The summed E-state index contributed by atoms with van der Waals surface area (Å²) in [6, 6.07) is 18.4. The molecule has 1 aliphatic carbocycles. The molecule has 0 saturated heterocycles. The Morgan fingerprint density at radius 3 is 2.52 bits per heavy atom. The predicted molar refractivity (Wildman–Crippen MR) is 118 cm³/mol. The van der Waals surface area contributed by atoms with Crippen molar-refractivity contribution in [2.75, 3.05) is 5.32 Å². The third kappa shape index (κ3) is 4.58. The van der Waals surface area contributed by atoms with Crippen molar-refractivity contribution in [2.45, 2.75) is 52.4 Å². The van der Waals surface area contributed by atoms with E-state index in [1.165, 1.54) is 31.2 Å². The second-order valence-corrected chi connectivity index (χ2v) is 8.22. The Bertz CT molecular complexity index is 982. The highest BCUT2D eigenvalue weighted by atomic mass is 16.1. The normalized spacial score (nSPS) is 14.3. The minimum Gasteiger partial charge on any atom is -0.311 e. The first-order valence-electron chi connectivity index (χ1n) is 10.6. The summed E-state index contributed by atoms with van der Waals surface area (Å²) in [7, 11) is 0. The molecule has 4 heteroatoms. The Balaban J connectivity index is 1.60. The quantitative estimate of drug-likeness (QED) is 0.558. The summed E-state index contributed by atoms with van der Waals surface area (Å²) in [5.41, 5.74) is 5.22. The van der Waals surface area contributed by atoms with E-state index in [4.69, 9.17) is 5.10 Å². The Hall–Kier alpha value is -2.88. The molecule has 29 heavy (non-hydrogen) atoms. The molecule has 0 atom stereocenters. The molecular formula is C25H29N3O. The predicted octanol–water partition coefficient (Wildman–Crippen LogP) is 6.07. The van der Waals surface area contributed by atoms with E-state index in [0.717, 1.165) is 34.7 Å². The largest absolute Gasteiger partial charge is 0.311 e. The Kier molecular flexibility index (Phi) is 5.79. The molecule has 1 N–H and O–H groups in total. The summed E-state index contributed by atoms with van der Waals surface area (Å²) >= 11 is 0. The third-order valence-corrected chi connectivity index (χ3v) is 5.92. The van der Waals surface area contributed by atoms with Gasteiger partial charge in [-0.15, -0.1) is 0 Å². The van der Waals surface area contributed by atoms with Crippen LogP contribution in [0, 0.1) is 19.8 Å². The van der Waals surface area contributed by atoms with Crippen LogP contribution in [-0.4, -0.2) is 15.7 Å². The Morgan fingerprint density at radius 1 is 1.07 bits per heavy atom. The van der Waals surface area contributed by atoms with Gasteiger partial charge in [0.1, 0.15) is 5.82 Å². The van der Waals surface area contributed by atoms with Crippen LogP contribution in [0.1, 0.15) is 49.7 Å². The Morgan fingerprint density at radius 2 is 1.79 bits per heavy atom. The lowest BCUT2D eigenvalue weighted by Gasteiger charge is -2.12. The van der Waals surface area contributed by atoms with E-state index in [1.54, 1.807) is 0 Å². The lowest BCUT2D eigenvalue weighted by molar-refractivity contribution is -0.116. The summed E-state index contributed by atoms with van der Waals surface area (Å²) in [6.07, 6.45) is 6.72. The molecule has 0 radical (unpaired) electrons. The molecule has 150 valence electrons. The lowest BCUT2D eigenvalue weighted by Crippen LogP contribution is -2.16. The van der Waals surface area contributed by atoms with Crippen LogP contribution in [0.25, 0.3) is 16.9 Å². The van der Waals surface area contributed by atoms with Crippen molar-refractivity contribution >= 4 is 11.7 Å². The van der Waals surface area contributed by atoms with E-state index in [2.05, 4.69) is 49.5 Å². The van der Waals surface area contributed by atoms with Gasteiger partial charge in [-0.25, -0.2) is 4.68 Å². The smallest absolute Gasteiger partial charge is 0.225 e. The first-order chi connectivity index (χ1) is 14.1. The molecule has 4 nitrogen and oxygen atoms in total. The number of rotatable bonds is 6. The Labute approximate surface area is 173 Å². The van der Waals surface area contributed by atoms with E-state index in [-0.39, 0.29) is 5.91 Å². The standard InChI is InChI=1S/C25H29N3O/c1-18-11-14-21(15-12-18)22-17-24(26-25(29)16-13-20-8-4-5-9-20)28(27-22)23-10-6-3-7-19(23)2/h3,6-7,10-12,14-15,17,20H,4-5,8-9,13,16H2,1-2H3,(H,26,29). The van der Waals surface area contributed by atoms with Crippen molar-refractivity contribution in [3.8, 4) is 16.9 Å². The number of carbonyl (C=O) groups is 1. The topological polar surface area (TPSA) is 46.9 Å². The van der Waals surface area contributed by atoms with Crippen LogP contribution in [0.15, 0.2) is 54.6 Å². The fraction of sp³-hybridized carbons (Fsp3) is 0.360. The number of amides is 1. The van der Waals surface area contributed by atoms with Gasteiger partial charge in [-0.3, -0.25) is 4.79 Å². The van der Waals surface area contributed by atoms with Gasteiger partial charge in [0.15, 0.2) is 0 Å². The van der Waals surface area contributed by atoms with Crippen molar-refractivity contribution in [1.29, 1.82) is 0 Å². The maximum absolute atomic E-state index is 12.7. The summed E-state index contributed by atoms with van der Waals surface area (Å²) in [6.45, 7) is 4.14. The average Bonchev–Trinajstić information content (AvgIpc) is 3.38. The highest BCUT2D eigenvalue weighted by Crippen LogP contribution is 2.29. The molecule has 1 fully saturated rings. The summed E-state index contributed by atoms with van der Waals surface area (Å²) in [5.74, 6) is 1.51. The van der Waals surface area contributed by atoms with Gasteiger partial charge < -0.3 is 5.32 Å². The number of anilines is 1. The van der Waals surface area contributed by atoms with Gasteiger partial charge in [-0.2, -0.15) is 5.10 Å². The van der Waals surface area contributed by atoms with Crippen molar-refractivity contribution in [3.05, 3.63) is 65.7 Å². The number of aromatic nitrogens is 2. The zero-order valence-corrected chi connectivity index (χ0v) is 17.3. The van der Waals surface area contributed by atoms with Crippen molar-refractivity contribution in [2.24, 2.45) is 5.92 Å². The van der Waals surface area contributed by atoms with Crippen molar-refractivity contribution < 1.29 is 4.79 Å². The molecule has 0 bridgehead atoms. The van der Waals surface area contributed by atoms with Crippen LogP contribution in [0.5, 0.6) is 0 Å². The summed E-state index contributed by atoms with van der Waals surface area (Å²) in [4.78, 5) is 12.7. The molecule has 1 aromatic heterocycles. The van der Waals surface area contributed by atoms with E-state index in [1.807, 2.05) is 28.9 Å². The molecule has 3 aromatic rings. The maximum atomic E-state index is 12.7. The highest BCUT2D eigenvalue weighted by Gasteiger charge is 2.18. The highest BCUT2D eigenvalue weighted by molar-refractivity contribution is 5.91. The molecular weight excluding hydrogens is 358 g/mol. The number of hydrogen-bond donors (Lipinski definition) is 1. The molecule has 0 unspecified atom stereocenters. The van der Waals surface area contributed by atoms with E-state index in [0.29, 0.717) is 12.3 Å². The number of para-hydroxylation sites is 1. The zero-order chi connectivity index (χ0) is 20.2. The van der Waals surface area contributed by atoms with Crippen LogP contribution in [0.3, 0.4) is 0 Å². The number of hydrogen-bond acceptors (Lipinski definition) is 2. The fourth-order valence-corrected chi connectivity index (χ4v) is 4.16. The molecule has 1 heterocycles. The average molecular weight is 388 g/mol. The summed E-state index contributed by atoms with van der Waals surface area (Å²) < 4.78 is 1.86. The van der Waals surface area contributed by atoms with E-state index in [9.17, 15) is 4.79 Å². The third-order valence-electron chi connectivity index (χ3n) is 5.92. The SMILES string of the molecule is Cc1ccc(-c2cc(NC(=O)CCC3CCCC3)n(-c3ccccc3C)n2)cc1. The first-order valence-corrected chi connectivity index (χ1v) is 10.6. The fourth-order valence-electron chi connectivity index (χ4n) is 4.16. The van der Waals surface area contributed by atoms with Gasteiger partial charge in [0.05, 0.1) is 11.4 Å². The van der Waals surface area contributed by atoms with Crippen LogP contribution in [-0.2, 0) is 4.79 Å². The number of carbonyl (C=O) groups excluding carboxylic acids is 1. The van der Waals surface area contributed by atoms with Crippen LogP contribution in [0.2, 0.25) is 0 Å². The maximum Gasteiger partial charge on any atom is 0.225 e. The lowest BCUT2D eigenvalue weighted by atomic mass is 10.0. The number of benzene rings is 2. The molecule has 2 aromatic carbocycles. The molecule has 0 aliphatic heterocycles. The van der Waals surface area contributed by atoms with Gasteiger partial charge in [-0.1, -0.05) is 73.7 Å². The first kappa shape index (κ1) is 19.4. The zero-order valence-electron chi connectivity index (χ0n) is 17.3. The molecule has 1 aliphatic rings. The minimum atomic E-state index is 0.0714. The number of nitrogens with zero attached hydrogens (tertiary/aromatic N) is 2. The van der Waals surface area contributed by atoms with Crippen molar-refractivity contribution in [1.82, 2.24) is 9.78 Å². The molecule has 0 spiro atoms. The van der Waals surface area contributed by atoms with Gasteiger partial charge in [0.25, 0.3) is 0 Å². The van der Waals surface area contributed by atoms with Crippen LogP contribution >= 0.6 is 0 Å². The van der Waals surface area contributed by atoms with Gasteiger partial charge in [0.2, 0.25) is 5.91 Å². The number of nitrogens with one attached hydrogen (secondary N) is 1. The van der Waals surface area contributed by atoms with Crippen LogP contribution < -0.4 is 5.32 Å². The summed E-state index contributed by atoms with van der Waals surface area (Å²) in [5, 5.41) is 7.96. The van der Waals surface area contributed by atoms with Gasteiger partial charge in [-0.05, 0) is 37.8 Å². The van der Waals surface area contributed by atoms with Gasteiger partial charge >= 0.3 is 0 Å².